The average Bonchev–Trinajstić information content (AvgIpc) is 2.27. The molecule has 0 aromatic heterocycles. The number of carbonyl (C=O) groups excluding carboxylic acids is 1. The molecule has 6 heteroatoms. The number of hydrogen-bond acceptors (Lipinski definition) is 3. The van der Waals surface area contributed by atoms with Gasteiger partial charge in [-0.15, -0.1) is 0 Å². The number of alkyl halides is 3. The highest BCUT2D eigenvalue weighted by Gasteiger charge is 2.35. The van der Waals surface area contributed by atoms with E-state index in [9.17, 15) is 18.0 Å². The van der Waals surface area contributed by atoms with Crippen molar-refractivity contribution >= 4 is 11.7 Å². The van der Waals surface area contributed by atoms with E-state index >= 15 is 0 Å². The molecule has 0 saturated heterocycles. The standard InChI is InChI=1S/C13H14F3NO2/c1-3-19-12(18)8-11(13(14,15)16)17-10-6-4-5-9(2)7-10/h4-8,17H,3H2,1-2H3/b11-8+. The van der Waals surface area contributed by atoms with E-state index < -0.39 is 17.8 Å². The van der Waals surface area contributed by atoms with Gasteiger partial charge in [-0.25, -0.2) is 4.79 Å². The molecule has 0 fully saturated rings. The van der Waals surface area contributed by atoms with E-state index in [0.29, 0.717) is 6.08 Å². The molecule has 0 amide bonds. The second kappa shape index (κ2) is 6.26. The van der Waals surface area contributed by atoms with Gasteiger partial charge in [0, 0.05) is 5.69 Å². The van der Waals surface area contributed by atoms with E-state index in [2.05, 4.69) is 10.1 Å². The van der Waals surface area contributed by atoms with Crippen molar-refractivity contribution in [2.24, 2.45) is 0 Å². The number of ether oxygens (including phenoxy) is 1. The Labute approximate surface area is 109 Å². The summed E-state index contributed by atoms with van der Waals surface area (Å²) in [5.41, 5.74) is -0.0907. The maximum Gasteiger partial charge on any atom is 0.431 e. The highest BCUT2D eigenvalue weighted by molar-refractivity contribution is 5.83. The molecule has 0 aliphatic rings. The summed E-state index contributed by atoms with van der Waals surface area (Å²) in [6.45, 7) is 3.30. The molecule has 0 bridgehead atoms. The lowest BCUT2D eigenvalue weighted by molar-refractivity contribution is -0.138. The normalized spacial score (nSPS) is 12.2. The molecule has 0 heterocycles. The molecule has 19 heavy (non-hydrogen) atoms. The number of nitrogens with one attached hydrogen (secondary N) is 1. The van der Waals surface area contributed by atoms with Gasteiger partial charge in [-0.2, -0.15) is 13.2 Å². The third kappa shape index (κ3) is 5.03. The predicted molar refractivity (Wildman–Crippen MR) is 65.6 cm³/mol. The molecule has 0 aliphatic heterocycles. The zero-order valence-corrected chi connectivity index (χ0v) is 10.5. The number of carbonyl (C=O) groups is 1. The van der Waals surface area contributed by atoms with Crippen LogP contribution in [0.2, 0.25) is 0 Å². The minimum absolute atomic E-state index is 0.0188. The van der Waals surface area contributed by atoms with Crippen molar-refractivity contribution in [3.05, 3.63) is 41.6 Å². The van der Waals surface area contributed by atoms with Crippen molar-refractivity contribution < 1.29 is 22.7 Å². The first kappa shape index (κ1) is 15.1. The molecular weight excluding hydrogens is 259 g/mol. The summed E-state index contributed by atoms with van der Waals surface area (Å²) in [4.78, 5) is 11.1. The number of benzene rings is 1. The zero-order valence-electron chi connectivity index (χ0n) is 10.5. The molecule has 3 nitrogen and oxygen atoms in total. The summed E-state index contributed by atoms with van der Waals surface area (Å²) in [6.07, 6.45) is -4.25. The maximum absolute atomic E-state index is 12.8. The molecule has 0 radical (unpaired) electrons. The summed E-state index contributed by atoms with van der Waals surface area (Å²) in [5.74, 6) is -1.03. The predicted octanol–water partition coefficient (Wildman–Crippen LogP) is 3.42. The van der Waals surface area contributed by atoms with Gasteiger partial charge in [-0.3, -0.25) is 0 Å². The molecule has 1 aromatic carbocycles. The van der Waals surface area contributed by atoms with Crippen LogP contribution in [-0.2, 0) is 9.53 Å². The van der Waals surface area contributed by atoms with E-state index in [1.807, 2.05) is 0 Å². The minimum atomic E-state index is -4.66. The average molecular weight is 273 g/mol. The molecule has 1 rings (SSSR count). The van der Waals surface area contributed by atoms with Crippen LogP contribution in [0.1, 0.15) is 12.5 Å². The number of allylic oxidation sites excluding steroid dienone is 1. The minimum Gasteiger partial charge on any atom is -0.463 e. The summed E-state index contributed by atoms with van der Waals surface area (Å²) in [7, 11) is 0. The summed E-state index contributed by atoms with van der Waals surface area (Å²) in [5, 5.41) is 2.18. The van der Waals surface area contributed by atoms with Crippen molar-refractivity contribution in [2.45, 2.75) is 20.0 Å². The fraction of sp³-hybridized carbons (Fsp3) is 0.308. The molecule has 0 saturated carbocycles. The lowest BCUT2D eigenvalue weighted by Crippen LogP contribution is -2.21. The molecule has 104 valence electrons. The van der Waals surface area contributed by atoms with Gasteiger partial charge in [0.25, 0.3) is 0 Å². The molecule has 1 aromatic rings. The van der Waals surface area contributed by atoms with Crippen molar-refractivity contribution in [1.29, 1.82) is 0 Å². The van der Waals surface area contributed by atoms with E-state index in [1.165, 1.54) is 13.0 Å². The van der Waals surface area contributed by atoms with Gasteiger partial charge in [-0.05, 0) is 31.5 Å². The van der Waals surface area contributed by atoms with Crippen LogP contribution in [0, 0.1) is 6.92 Å². The van der Waals surface area contributed by atoms with Crippen LogP contribution < -0.4 is 5.32 Å². The first-order valence-electron chi connectivity index (χ1n) is 5.62. The van der Waals surface area contributed by atoms with E-state index in [4.69, 9.17) is 0 Å². The van der Waals surface area contributed by atoms with Gasteiger partial charge in [0.05, 0.1) is 12.7 Å². The smallest absolute Gasteiger partial charge is 0.431 e. The van der Waals surface area contributed by atoms with Crippen molar-refractivity contribution in [2.75, 3.05) is 11.9 Å². The second-order valence-electron chi connectivity index (χ2n) is 3.80. The Bertz CT molecular complexity index is 481. The zero-order chi connectivity index (χ0) is 14.5. The Morgan fingerprint density at radius 3 is 2.63 bits per heavy atom. The number of esters is 1. The van der Waals surface area contributed by atoms with Gasteiger partial charge in [0.1, 0.15) is 5.70 Å². The molecular formula is C13H14F3NO2. The molecule has 0 unspecified atom stereocenters. The summed E-state index contributed by atoms with van der Waals surface area (Å²) < 4.78 is 42.8. The highest BCUT2D eigenvalue weighted by Crippen LogP contribution is 2.27. The van der Waals surface area contributed by atoms with Crippen LogP contribution in [0.15, 0.2) is 36.0 Å². The lowest BCUT2D eigenvalue weighted by atomic mass is 10.2. The Morgan fingerprint density at radius 1 is 1.42 bits per heavy atom. The number of rotatable bonds is 4. The summed E-state index contributed by atoms with van der Waals surface area (Å²) >= 11 is 0. The van der Waals surface area contributed by atoms with Crippen LogP contribution >= 0.6 is 0 Å². The first-order valence-corrected chi connectivity index (χ1v) is 5.62. The van der Waals surface area contributed by atoms with Crippen LogP contribution in [0.25, 0.3) is 0 Å². The van der Waals surface area contributed by atoms with E-state index in [0.717, 1.165) is 5.56 Å². The number of aryl methyl sites for hydroxylation is 1. The van der Waals surface area contributed by atoms with Crippen molar-refractivity contribution in [1.82, 2.24) is 0 Å². The van der Waals surface area contributed by atoms with Crippen LogP contribution in [-0.4, -0.2) is 18.8 Å². The lowest BCUT2D eigenvalue weighted by Gasteiger charge is -2.14. The summed E-state index contributed by atoms with van der Waals surface area (Å²) in [6, 6.07) is 6.41. The van der Waals surface area contributed by atoms with Gasteiger partial charge >= 0.3 is 12.1 Å². The number of halogens is 3. The number of hydrogen-bond donors (Lipinski definition) is 1. The van der Waals surface area contributed by atoms with Crippen LogP contribution in [0.5, 0.6) is 0 Å². The van der Waals surface area contributed by atoms with Gasteiger partial charge in [0.2, 0.25) is 0 Å². The molecule has 0 spiro atoms. The largest absolute Gasteiger partial charge is 0.463 e. The monoisotopic (exact) mass is 273 g/mol. The third-order valence-corrected chi connectivity index (χ3v) is 2.15. The molecule has 0 atom stereocenters. The fourth-order valence-corrected chi connectivity index (χ4v) is 1.37. The van der Waals surface area contributed by atoms with E-state index in [-0.39, 0.29) is 12.3 Å². The second-order valence-corrected chi connectivity index (χ2v) is 3.80. The van der Waals surface area contributed by atoms with Crippen LogP contribution in [0.4, 0.5) is 18.9 Å². The van der Waals surface area contributed by atoms with Gasteiger partial charge in [0.15, 0.2) is 0 Å². The Hall–Kier alpha value is -1.98. The maximum atomic E-state index is 12.8. The quantitative estimate of drug-likeness (QED) is 0.674. The Morgan fingerprint density at radius 2 is 2.11 bits per heavy atom. The molecule has 1 N–H and O–H groups in total. The SMILES string of the molecule is CCOC(=O)/C=C(/Nc1cccc(C)c1)C(F)(F)F. The Kier molecular flexibility index (Phi) is 4.97. The first-order chi connectivity index (χ1) is 8.82. The topological polar surface area (TPSA) is 38.3 Å². The highest BCUT2D eigenvalue weighted by atomic mass is 19.4. The van der Waals surface area contributed by atoms with Crippen molar-refractivity contribution in [3.8, 4) is 0 Å². The third-order valence-electron chi connectivity index (χ3n) is 2.15. The fourth-order valence-electron chi connectivity index (χ4n) is 1.37. The molecule has 0 aliphatic carbocycles. The number of anilines is 1. The van der Waals surface area contributed by atoms with Gasteiger partial charge < -0.3 is 10.1 Å². The van der Waals surface area contributed by atoms with Crippen LogP contribution in [0.3, 0.4) is 0 Å². The van der Waals surface area contributed by atoms with Crippen molar-refractivity contribution in [3.63, 3.8) is 0 Å². The Balaban J connectivity index is 2.96. The van der Waals surface area contributed by atoms with E-state index in [1.54, 1.807) is 25.1 Å². The van der Waals surface area contributed by atoms with Gasteiger partial charge in [-0.1, -0.05) is 12.1 Å².